The van der Waals surface area contributed by atoms with Crippen LogP contribution in [-0.4, -0.2) is 90.7 Å². The topological polar surface area (TPSA) is 98.3 Å². The lowest BCUT2D eigenvalue weighted by molar-refractivity contribution is -0.111. The number of rotatable bonds is 10. The third-order valence-corrected chi connectivity index (χ3v) is 9.81. The van der Waals surface area contributed by atoms with Crippen molar-refractivity contribution in [2.75, 3.05) is 73.6 Å². The average molecular weight is 661 g/mol. The number of nitrogens with one attached hydrogen (secondary N) is 2. The Morgan fingerprint density at radius 1 is 0.896 bits per heavy atom. The number of hydrogen-bond acceptors (Lipinski definition) is 10. The molecule has 1 saturated carbocycles. The molecule has 13 heteroatoms. The maximum Gasteiger partial charge on any atom is 0.247 e. The molecule has 0 unspecified atom stereocenters. The lowest BCUT2D eigenvalue weighted by atomic mass is 10.0. The molecule has 7 rings (SSSR count). The van der Waals surface area contributed by atoms with Gasteiger partial charge in [0.25, 0.3) is 0 Å². The average Bonchev–Trinajstić information content (AvgIpc) is 3.83. The Bertz CT molecular complexity index is 1620. The Kier molecular flexibility index (Phi) is 9.42. The Balaban J connectivity index is 1.08. The van der Waals surface area contributed by atoms with Gasteiger partial charge in [-0.05, 0) is 55.5 Å². The third kappa shape index (κ3) is 7.08. The summed E-state index contributed by atoms with van der Waals surface area (Å²) >= 11 is 0. The molecule has 4 aliphatic rings. The summed E-state index contributed by atoms with van der Waals surface area (Å²) in [6.45, 7) is 10.3. The molecule has 0 bridgehead atoms. The van der Waals surface area contributed by atoms with Gasteiger partial charge < -0.3 is 20.3 Å². The monoisotopic (exact) mass is 660 g/mol. The summed E-state index contributed by atoms with van der Waals surface area (Å²) < 4.78 is 33.9. The van der Waals surface area contributed by atoms with E-state index in [4.69, 9.17) is 9.57 Å². The molecule has 3 saturated heterocycles. The molecule has 0 spiro atoms. The van der Waals surface area contributed by atoms with Crippen LogP contribution >= 0.6 is 0 Å². The molecule has 1 atom stereocenters. The zero-order valence-electron chi connectivity index (χ0n) is 27.2. The summed E-state index contributed by atoms with van der Waals surface area (Å²) in [7, 11) is 1.60. The number of carbonyl (C=O) groups is 1. The van der Waals surface area contributed by atoms with Crippen LogP contribution in [0.4, 0.5) is 37.5 Å². The molecular formula is C35H42F2N8O3. The van der Waals surface area contributed by atoms with E-state index in [0.717, 1.165) is 56.8 Å². The van der Waals surface area contributed by atoms with Gasteiger partial charge in [0.15, 0.2) is 5.82 Å². The fourth-order valence-electron chi connectivity index (χ4n) is 7.20. The maximum absolute atomic E-state index is 14.0. The van der Waals surface area contributed by atoms with Crippen LogP contribution in [0.2, 0.25) is 0 Å². The van der Waals surface area contributed by atoms with Crippen LogP contribution in [0, 0.1) is 11.6 Å². The van der Waals surface area contributed by atoms with E-state index >= 15 is 0 Å². The van der Waals surface area contributed by atoms with Gasteiger partial charge in [0.05, 0.1) is 36.8 Å². The van der Waals surface area contributed by atoms with Crippen LogP contribution in [-0.2, 0) is 9.63 Å². The first-order valence-electron chi connectivity index (χ1n) is 16.7. The highest BCUT2D eigenvalue weighted by Gasteiger charge is 2.34. The fraction of sp³-hybridized carbons (Fsp3) is 0.457. The molecule has 3 aromatic rings. The number of aromatic nitrogens is 2. The number of carbonyl (C=O) groups excluding carboxylic acids is 1. The van der Waals surface area contributed by atoms with E-state index in [-0.39, 0.29) is 5.91 Å². The standard InChI is InChI=1S/C35H42F2N8O3/c1-3-35(46)41-28-19-29(40-33-21-34(39-22-38-33)45-30(8-15-48-45)23-16-24(36)18-25(37)17-23)32(47-2)20-31(28)44-9-6-27(7-10-44)43-13-11-42(12-14-43)26-4-5-26/h3,16-22,26-27,30H,1,4-15H2,2H3,(H,41,46)(H,38,39,40)/t30-/m0/s1. The van der Waals surface area contributed by atoms with Crippen molar-refractivity contribution in [3.63, 3.8) is 0 Å². The summed E-state index contributed by atoms with van der Waals surface area (Å²) in [5.74, 6) is -0.176. The van der Waals surface area contributed by atoms with Gasteiger partial charge in [0.2, 0.25) is 5.91 Å². The van der Waals surface area contributed by atoms with E-state index in [9.17, 15) is 13.6 Å². The number of amides is 1. The molecular weight excluding hydrogens is 618 g/mol. The van der Waals surface area contributed by atoms with Gasteiger partial charge in [-0.1, -0.05) is 6.58 Å². The Morgan fingerprint density at radius 3 is 2.23 bits per heavy atom. The van der Waals surface area contributed by atoms with Crippen LogP contribution < -0.4 is 25.3 Å². The number of methoxy groups -OCH3 is 1. The number of benzene rings is 2. The molecule has 11 nitrogen and oxygen atoms in total. The first-order chi connectivity index (χ1) is 23.4. The summed E-state index contributed by atoms with van der Waals surface area (Å²) in [6, 6.07) is 9.89. The molecule has 254 valence electrons. The molecule has 1 aliphatic carbocycles. The van der Waals surface area contributed by atoms with Crippen molar-refractivity contribution < 1.29 is 23.1 Å². The number of hydroxylamine groups is 1. The second kappa shape index (κ2) is 14.0. The minimum Gasteiger partial charge on any atom is -0.494 e. The molecule has 4 heterocycles. The van der Waals surface area contributed by atoms with Gasteiger partial charge in [0, 0.05) is 76.0 Å². The summed E-state index contributed by atoms with van der Waals surface area (Å²) in [4.78, 5) is 34.8. The Labute approximate surface area is 279 Å². The summed E-state index contributed by atoms with van der Waals surface area (Å²) in [6.07, 6.45) is 7.98. The van der Waals surface area contributed by atoms with Gasteiger partial charge in [-0.2, -0.15) is 0 Å². The van der Waals surface area contributed by atoms with Crippen LogP contribution in [0.25, 0.3) is 0 Å². The smallest absolute Gasteiger partial charge is 0.247 e. The highest BCUT2D eigenvalue weighted by Crippen LogP contribution is 2.41. The Hall–Kier alpha value is -4.33. The van der Waals surface area contributed by atoms with Crippen molar-refractivity contribution in [2.45, 2.75) is 50.2 Å². The quantitative estimate of drug-likeness (QED) is 0.280. The number of piperazine rings is 1. The summed E-state index contributed by atoms with van der Waals surface area (Å²) in [5.41, 5.74) is 2.55. The van der Waals surface area contributed by atoms with Gasteiger partial charge in [0.1, 0.15) is 29.5 Å². The predicted octanol–water partition coefficient (Wildman–Crippen LogP) is 5.26. The van der Waals surface area contributed by atoms with E-state index in [1.807, 2.05) is 12.1 Å². The van der Waals surface area contributed by atoms with E-state index < -0.39 is 17.7 Å². The number of hydrogen-bond donors (Lipinski definition) is 2. The van der Waals surface area contributed by atoms with Crippen LogP contribution in [0.15, 0.2) is 55.4 Å². The van der Waals surface area contributed by atoms with Crippen LogP contribution in [0.3, 0.4) is 0 Å². The normalized spacial score (nSPS) is 20.9. The van der Waals surface area contributed by atoms with Crippen molar-refractivity contribution in [1.82, 2.24) is 19.8 Å². The fourth-order valence-corrected chi connectivity index (χ4v) is 7.20. The second-order valence-corrected chi connectivity index (χ2v) is 12.8. The summed E-state index contributed by atoms with van der Waals surface area (Å²) in [5, 5.41) is 7.84. The lowest BCUT2D eigenvalue weighted by Gasteiger charge is -2.43. The molecule has 4 fully saturated rings. The van der Waals surface area contributed by atoms with E-state index in [1.165, 1.54) is 50.5 Å². The molecule has 48 heavy (non-hydrogen) atoms. The zero-order chi connectivity index (χ0) is 33.2. The number of anilines is 5. The highest BCUT2D eigenvalue weighted by molar-refractivity contribution is 6.02. The van der Waals surface area contributed by atoms with Crippen LogP contribution in [0.1, 0.15) is 43.7 Å². The largest absolute Gasteiger partial charge is 0.494 e. The zero-order valence-corrected chi connectivity index (χ0v) is 27.2. The molecule has 2 N–H and O–H groups in total. The third-order valence-electron chi connectivity index (χ3n) is 9.81. The molecule has 3 aliphatic heterocycles. The van der Waals surface area contributed by atoms with Gasteiger partial charge in [-0.25, -0.2) is 23.8 Å². The highest BCUT2D eigenvalue weighted by atomic mass is 19.1. The predicted molar refractivity (Wildman–Crippen MR) is 181 cm³/mol. The first kappa shape index (κ1) is 32.2. The van der Waals surface area contributed by atoms with Crippen LogP contribution in [0.5, 0.6) is 5.75 Å². The van der Waals surface area contributed by atoms with E-state index in [2.05, 4.69) is 41.9 Å². The van der Waals surface area contributed by atoms with Crippen molar-refractivity contribution in [3.05, 3.63) is 72.6 Å². The minimum absolute atomic E-state index is 0.314. The molecule has 1 aromatic heterocycles. The van der Waals surface area contributed by atoms with Crippen molar-refractivity contribution in [1.29, 1.82) is 0 Å². The number of nitrogens with zero attached hydrogens (tertiary/aromatic N) is 6. The van der Waals surface area contributed by atoms with Gasteiger partial charge in [-0.3, -0.25) is 19.4 Å². The Morgan fingerprint density at radius 2 is 1.58 bits per heavy atom. The first-order valence-corrected chi connectivity index (χ1v) is 16.7. The molecule has 0 radical (unpaired) electrons. The molecule has 2 aromatic carbocycles. The molecule has 1 amide bonds. The van der Waals surface area contributed by atoms with Crippen molar-refractivity contribution in [2.24, 2.45) is 0 Å². The van der Waals surface area contributed by atoms with E-state index in [1.54, 1.807) is 18.2 Å². The van der Waals surface area contributed by atoms with Crippen molar-refractivity contribution in [3.8, 4) is 5.75 Å². The van der Waals surface area contributed by atoms with Crippen molar-refractivity contribution >= 4 is 34.6 Å². The van der Waals surface area contributed by atoms with Gasteiger partial charge >= 0.3 is 0 Å². The van der Waals surface area contributed by atoms with Gasteiger partial charge in [-0.15, -0.1) is 0 Å². The maximum atomic E-state index is 14.0. The number of halogens is 2. The number of piperidine rings is 1. The van der Waals surface area contributed by atoms with E-state index in [0.29, 0.717) is 53.4 Å². The lowest BCUT2D eigenvalue weighted by Crippen LogP contribution is -2.53. The number of ether oxygens (including phenoxy) is 1. The minimum atomic E-state index is -0.650. The second-order valence-electron chi connectivity index (χ2n) is 12.8. The SMILES string of the molecule is C=CC(=O)Nc1cc(Nc2cc(N3OCC[C@H]3c3cc(F)cc(F)c3)ncn2)c(OC)cc1N1CCC(N2CCN(C3CC3)CC2)CC1.